The van der Waals surface area contributed by atoms with Crippen molar-refractivity contribution < 1.29 is 4.42 Å². The van der Waals surface area contributed by atoms with Crippen LogP contribution in [0.2, 0.25) is 0 Å². The highest BCUT2D eigenvalue weighted by Crippen LogP contribution is 2.39. The fraction of sp³-hybridized carbons (Fsp3) is 0.588. The maximum atomic E-state index is 5.77. The zero-order chi connectivity index (χ0) is 15.6. The summed E-state index contributed by atoms with van der Waals surface area (Å²) in [5.41, 5.74) is 1.28. The van der Waals surface area contributed by atoms with Crippen molar-refractivity contribution in [2.45, 2.75) is 44.3 Å². The maximum absolute atomic E-state index is 5.77. The summed E-state index contributed by atoms with van der Waals surface area (Å²) < 4.78 is 5.77. The van der Waals surface area contributed by atoms with Gasteiger partial charge < -0.3 is 4.42 Å². The summed E-state index contributed by atoms with van der Waals surface area (Å²) in [6.07, 6.45) is 7.35. The molecule has 4 rings (SSSR count). The summed E-state index contributed by atoms with van der Waals surface area (Å²) in [6, 6.07) is 4.69. The summed E-state index contributed by atoms with van der Waals surface area (Å²) in [4.78, 5) is 9.02. The van der Waals surface area contributed by atoms with Crippen LogP contribution in [0.3, 0.4) is 0 Å². The fourth-order valence-electron chi connectivity index (χ4n) is 3.23. The van der Waals surface area contributed by atoms with E-state index < -0.39 is 0 Å². The van der Waals surface area contributed by atoms with Crippen LogP contribution < -0.4 is 0 Å². The molecule has 2 aromatic rings. The summed E-state index contributed by atoms with van der Waals surface area (Å²) in [5, 5.41) is 8.36. The topological polar surface area (TPSA) is 58.3 Å². The number of likely N-dealkylation sites (N-methyl/N-ethyl adjacent to an activating group) is 1. The second-order valence-electron chi connectivity index (χ2n) is 6.76. The number of likely N-dealkylation sites (tertiary alicyclic amines) is 1. The number of aromatic nitrogens is 3. The molecule has 1 saturated carbocycles. The second-order valence-corrected chi connectivity index (χ2v) is 6.76. The lowest BCUT2D eigenvalue weighted by molar-refractivity contribution is 0.204. The number of nitrogens with zero attached hydrogens (tertiary/aromatic N) is 5. The van der Waals surface area contributed by atoms with E-state index >= 15 is 0 Å². The van der Waals surface area contributed by atoms with Crippen LogP contribution in [0.25, 0.3) is 0 Å². The molecule has 2 fully saturated rings. The molecule has 2 aliphatic rings. The first-order valence-electron chi connectivity index (χ1n) is 8.41. The van der Waals surface area contributed by atoms with E-state index in [0.717, 1.165) is 38.0 Å². The Hall–Kier alpha value is -1.79. The molecule has 6 nitrogen and oxygen atoms in total. The molecule has 6 heteroatoms. The van der Waals surface area contributed by atoms with Crippen molar-refractivity contribution in [3.05, 3.63) is 41.9 Å². The Morgan fingerprint density at radius 2 is 2.22 bits per heavy atom. The van der Waals surface area contributed by atoms with Crippen LogP contribution in [0.5, 0.6) is 0 Å². The molecule has 0 spiro atoms. The SMILES string of the molecule is CN(Cc1nnc(C2CC2)o1)[C@H]1CCN(Cc2cccnc2)C1. The summed E-state index contributed by atoms with van der Waals surface area (Å²) >= 11 is 0. The monoisotopic (exact) mass is 313 g/mol. The molecule has 0 N–H and O–H groups in total. The predicted molar refractivity (Wildman–Crippen MR) is 85.7 cm³/mol. The normalized spacial score (nSPS) is 22.1. The van der Waals surface area contributed by atoms with Gasteiger partial charge in [0.25, 0.3) is 0 Å². The van der Waals surface area contributed by atoms with Gasteiger partial charge in [0.15, 0.2) is 0 Å². The Bertz CT molecular complexity index is 639. The predicted octanol–water partition coefficient (Wildman–Crippen LogP) is 2.05. The molecule has 2 aromatic heterocycles. The zero-order valence-corrected chi connectivity index (χ0v) is 13.6. The molecule has 1 atom stereocenters. The molecule has 0 unspecified atom stereocenters. The van der Waals surface area contributed by atoms with E-state index in [9.17, 15) is 0 Å². The lowest BCUT2D eigenvalue weighted by atomic mass is 10.2. The first-order valence-corrected chi connectivity index (χ1v) is 8.41. The molecule has 1 aliphatic heterocycles. The Morgan fingerprint density at radius 1 is 1.30 bits per heavy atom. The Morgan fingerprint density at radius 3 is 3.00 bits per heavy atom. The van der Waals surface area contributed by atoms with E-state index in [1.54, 1.807) is 0 Å². The van der Waals surface area contributed by atoms with Gasteiger partial charge in [-0.25, -0.2) is 0 Å². The van der Waals surface area contributed by atoms with E-state index in [4.69, 9.17) is 4.42 Å². The molecule has 0 amide bonds. The largest absolute Gasteiger partial charge is 0.424 e. The van der Waals surface area contributed by atoms with Crippen LogP contribution in [0, 0.1) is 0 Å². The van der Waals surface area contributed by atoms with Crippen LogP contribution in [0.4, 0.5) is 0 Å². The van der Waals surface area contributed by atoms with Crippen LogP contribution in [-0.2, 0) is 13.1 Å². The van der Waals surface area contributed by atoms with Gasteiger partial charge in [0.2, 0.25) is 11.8 Å². The van der Waals surface area contributed by atoms with Gasteiger partial charge >= 0.3 is 0 Å². The van der Waals surface area contributed by atoms with Gasteiger partial charge in [-0.1, -0.05) is 6.07 Å². The second kappa shape index (κ2) is 6.37. The van der Waals surface area contributed by atoms with E-state index in [1.165, 1.54) is 24.8 Å². The Kier molecular flexibility index (Phi) is 4.10. The lowest BCUT2D eigenvalue weighted by Crippen LogP contribution is -2.34. The van der Waals surface area contributed by atoms with Crippen LogP contribution in [0.15, 0.2) is 28.9 Å². The third-order valence-electron chi connectivity index (χ3n) is 4.79. The van der Waals surface area contributed by atoms with Crippen LogP contribution in [0.1, 0.15) is 42.5 Å². The smallest absolute Gasteiger partial charge is 0.230 e. The van der Waals surface area contributed by atoms with Crippen molar-refractivity contribution in [3.63, 3.8) is 0 Å². The number of hydrogen-bond donors (Lipinski definition) is 0. The van der Waals surface area contributed by atoms with Crippen molar-refractivity contribution in [1.29, 1.82) is 0 Å². The van der Waals surface area contributed by atoms with E-state index in [0.29, 0.717) is 12.0 Å². The summed E-state index contributed by atoms with van der Waals surface area (Å²) in [5.74, 6) is 2.11. The molecular weight excluding hydrogens is 290 g/mol. The summed E-state index contributed by atoms with van der Waals surface area (Å²) in [7, 11) is 2.15. The Balaban J connectivity index is 1.29. The highest BCUT2D eigenvalue weighted by atomic mass is 16.4. The Labute approximate surface area is 136 Å². The average molecular weight is 313 g/mol. The first-order chi connectivity index (χ1) is 11.3. The van der Waals surface area contributed by atoms with Gasteiger partial charge in [0.05, 0.1) is 6.54 Å². The number of pyridine rings is 1. The van der Waals surface area contributed by atoms with Gasteiger partial charge in [-0.3, -0.25) is 14.8 Å². The highest BCUT2D eigenvalue weighted by Gasteiger charge is 2.30. The standard InChI is InChI=1S/C17H23N5O/c1-21(12-16-19-20-17(23-16)14-4-5-14)15-6-8-22(11-15)10-13-3-2-7-18-9-13/h2-3,7,9,14-15H,4-6,8,10-12H2,1H3/t15-/m0/s1. The number of rotatable bonds is 6. The molecule has 1 aliphatic carbocycles. The van der Waals surface area contributed by atoms with Gasteiger partial charge in [-0.05, 0) is 37.9 Å². The van der Waals surface area contributed by atoms with E-state index in [2.05, 4.69) is 38.1 Å². The molecule has 0 radical (unpaired) electrons. The minimum absolute atomic E-state index is 0.531. The average Bonchev–Trinajstić information content (AvgIpc) is 3.13. The van der Waals surface area contributed by atoms with Crippen molar-refractivity contribution in [2.24, 2.45) is 0 Å². The van der Waals surface area contributed by atoms with Crippen molar-refractivity contribution in [2.75, 3.05) is 20.1 Å². The summed E-state index contributed by atoms with van der Waals surface area (Å²) in [6.45, 7) is 3.92. The van der Waals surface area contributed by atoms with Gasteiger partial charge in [-0.2, -0.15) is 0 Å². The van der Waals surface area contributed by atoms with E-state index in [-0.39, 0.29) is 0 Å². The van der Waals surface area contributed by atoms with E-state index in [1.807, 2.05) is 18.5 Å². The molecule has 0 aromatic carbocycles. The van der Waals surface area contributed by atoms with Crippen molar-refractivity contribution in [3.8, 4) is 0 Å². The molecule has 23 heavy (non-hydrogen) atoms. The van der Waals surface area contributed by atoms with Crippen molar-refractivity contribution >= 4 is 0 Å². The van der Waals surface area contributed by atoms with Crippen molar-refractivity contribution in [1.82, 2.24) is 25.0 Å². The molecule has 1 saturated heterocycles. The molecule has 3 heterocycles. The third kappa shape index (κ3) is 3.59. The quantitative estimate of drug-likeness (QED) is 0.813. The minimum Gasteiger partial charge on any atom is -0.424 e. The van der Waals surface area contributed by atoms with Crippen LogP contribution in [-0.4, -0.2) is 51.2 Å². The third-order valence-corrected chi connectivity index (χ3v) is 4.79. The zero-order valence-electron chi connectivity index (χ0n) is 13.6. The maximum Gasteiger partial charge on any atom is 0.230 e. The molecular formula is C17H23N5O. The lowest BCUT2D eigenvalue weighted by Gasteiger charge is -2.23. The molecule has 122 valence electrons. The minimum atomic E-state index is 0.531. The van der Waals surface area contributed by atoms with Crippen LogP contribution >= 0.6 is 0 Å². The first kappa shape index (κ1) is 14.8. The highest BCUT2D eigenvalue weighted by molar-refractivity contribution is 5.08. The fourth-order valence-corrected chi connectivity index (χ4v) is 3.23. The van der Waals surface area contributed by atoms with Gasteiger partial charge in [0.1, 0.15) is 0 Å². The molecule has 0 bridgehead atoms. The van der Waals surface area contributed by atoms with Gasteiger partial charge in [0, 0.05) is 44.0 Å². The number of hydrogen-bond acceptors (Lipinski definition) is 6. The van der Waals surface area contributed by atoms with Gasteiger partial charge in [-0.15, -0.1) is 10.2 Å².